The van der Waals surface area contributed by atoms with Crippen LogP contribution in [-0.2, 0) is 10.6 Å². The fourth-order valence-electron chi connectivity index (χ4n) is 5.35. The van der Waals surface area contributed by atoms with Crippen molar-refractivity contribution in [2.24, 2.45) is 0 Å². The van der Waals surface area contributed by atoms with Crippen molar-refractivity contribution in [2.45, 2.75) is 76.5 Å². The van der Waals surface area contributed by atoms with Gasteiger partial charge in [0.05, 0.1) is 40.4 Å². The summed E-state index contributed by atoms with van der Waals surface area (Å²) >= 11 is 6.36. The Morgan fingerprint density at radius 3 is 2.37 bits per heavy atom. The van der Waals surface area contributed by atoms with Crippen LogP contribution < -0.4 is 0 Å². The Kier molecular flexibility index (Phi) is 7.23. The zero-order chi connectivity index (χ0) is 30.0. The molecule has 0 saturated heterocycles. The number of aromatic nitrogens is 5. The van der Waals surface area contributed by atoms with Crippen molar-refractivity contribution in [1.82, 2.24) is 24.7 Å². The number of aromatic amines is 1. The zero-order valence-electron chi connectivity index (χ0n) is 23.7. The summed E-state index contributed by atoms with van der Waals surface area (Å²) in [5.74, 6) is -0.615. The molecule has 0 radical (unpaired) electrons. The van der Waals surface area contributed by atoms with Crippen LogP contribution in [0.5, 0.6) is 0 Å². The van der Waals surface area contributed by atoms with Crippen LogP contribution in [-0.4, -0.2) is 38.7 Å². The minimum Gasteiger partial charge on any atom is -0.411 e. The van der Waals surface area contributed by atoms with Crippen LogP contribution in [0.1, 0.15) is 52.3 Å². The maximum absolute atomic E-state index is 15.0. The summed E-state index contributed by atoms with van der Waals surface area (Å²) in [5, 5.41) is 4.33. The molecule has 1 aliphatic carbocycles. The molecule has 1 saturated carbocycles. The molecule has 0 bridgehead atoms. The SMILES string of the molecule is CC1(O[Si](C)(C)C(C)(C)C)CC(n2ncc(-c3[nH]cc(-c4c(F)cccc4Cl)c3-c3cnccn3)c2C(F)(F)F)C1. The van der Waals surface area contributed by atoms with E-state index in [0.717, 1.165) is 4.68 Å². The van der Waals surface area contributed by atoms with Gasteiger partial charge in [0.25, 0.3) is 0 Å². The van der Waals surface area contributed by atoms with Crippen LogP contribution in [0, 0.1) is 5.82 Å². The summed E-state index contributed by atoms with van der Waals surface area (Å²) in [5.41, 5.74) is -0.676. The number of hydrogen-bond donors (Lipinski definition) is 1. The van der Waals surface area contributed by atoms with Crippen LogP contribution in [0.15, 0.2) is 49.2 Å². The van der Waals surface area contributed by atoms with Gasteiger partial charge < -0.3 is 9.41 Å². The second kappa shape index (κ2) is 10.1. The molecule has 41 heavy (non-hydrogen) atoms. The Hall–Kier alpha value is -3.02. The van der Waals surface area contributed by atoms with Gasteiger partial charge in [0.1, 0.15) is 5.82 Å². The Morgan fingerprint density at radius 1 is 1.07 bits per heavy atom. The molecule has 1 N–H and O–H groups in total. The molecule has 12 heteroatoms. The molecule has 0 aliphatic heterocycles. The molecule has 1 fully saturated rings. The second-order valence-corrected chi connectivity index (χ2v) is 17.5. The van der Waals surface area contributed by atoms with Crippen molar-refractivity contribution in [3.8, 4) is 33.6 Å². The highest BCUT2D eigenvalue weighted by Gasteiger charge is 2.52. The van der Waals surface area contributed by atoms with E-state index in [1.807, 2.05) is 6.92 Å². The van der Waals surface area contributed by atoms with Crippen LogP contribution in [0.3, 0.4) is 0 Å². The van der Waals surface area contributed by atoms with Crippen LogP contribution in [0.2, 0.25) is 23.2 Å². The van der Waals surface area contributed by atoms with Gasteiger partial charge in [0.2, 0.25) is 0 Å². The highest BCUT2D eigenvalue weighted by molar-refractivity contribution is 6.74. The zero-order valence-corrected chi connectivity index (χ0v) is 25.5. The number of nitrogens with one attached hydrogen (secondary N) is 1. The van der Waals surface area contributed by atoms with Gasteiger partial charge >= 0.3 is 6.18 Å². The molecular formula is C29H32ClF4N5OSi. The van der Waals surface area contributed by atoms with Gasteiger partial charge in [-0.05, 0) is 50.0 Å². The number of alkyl halides is 3. The topological polar surface area (TPSA) is 68.6 Å². The Balaban J connectivity index is 1.60. The molecule has 0 spiro atoms. The van der Waals surface area contributed by atoms with Crippen LogP contribution >= 0.6 is 11.6 Å². The van der Waals surface area contributed by atoms with E-state index in [4.69, 9.17) is 16.0 Å². The third-order valence-electron chi connectivity index (χ3n) is 8.25. The predicted octanol–water partition coefficient (Wildman–Crippen LogP) is 8.93. The van der Waals surface area contributed by atoms with Gasteiger partial charge in [-0.3, -0.25) is 14.6 Å². The summed E-state index contributed by atoms with van der Waals surface area (Å²) in [4.78, 5) is 11.3. The number of H-pyrrole nitrogens is 1. The number of benzene rings is 1. The molecule has 1 aliphatic rings. The third kappa shape index (κ3) is 5.35. The highest BCUT2D eigenvalue weighted by Crippen LogP contribution is 2.52. The first kappa shape index (κ1) is 29.5. The van der Waals surface area contributed by atoms with Crippen LogP contribution in [0.25, 0.3) is 33.6 Å². The molecule has 0 atom stereocenters. The van der Waals surface area contributed by atoms with Crippen molar-refractivity contribution in [1.29, 1.82) is 0 Å². The van der Waals surface area contributed by atoms with E-state index in [9.17, 15) is 17.6 Å². The Bertz CT molecular complexity index is 1550. The molecule has 1 aromatic carbocycles. The number of halogens is 5. The molecule has 3 heterocycles. The van der Waals surface area contributed by atoms with E-state index >= 15 is 0 Å². The molecule has 5 rings (SSSR count). The van der Waals surface area contributed by atoms with Gasteiger partial charge in [0.15, 0.2) is 14.0 Å². The summed E-state index contributed by atoms with van der Waals surface area (Å²) < 4.78 is 66.9. The molecule has 3 aromatic heterocycles. The van der Waals surface area contributed by atoms with Gasteiger partial charge in [-0.25, -0.2) is 4.39 Å². The molecule has 6 nitrogen and oxygen atoms in total. The van der Waals surface area contributed by atoms with Crippen molar-refractivity contribution >= 4 is 19.9 Å². The molecular weight excluding hydrogens is 574 g/mol. The van der Waals surface area contributed by atoms with E-state index in [-0.39, 0.29) is 43.7 Å². The fourth-order valence-corrected chi connectivity index (χ4v) is 7.32. The second-order valence-electron chi connectivity index (χ2n) is 12.4. The smallest absolute Gasteiger partial charge is 0.411 e. The average molecular weight is 606 g/mol. The van der Waals surface area contributed by atoms with Crippen LogP contribution in [0.4, 0.5) is 17.6 Å². The molecule has 218 valence electrons. The Morgan fingerprint density at radius 2 is 1.78 bits per heavy atom. The Labute approximate surface area is 242 Å². The van der Waals surface area contributed by atoms with Gasteiger partial charge in [0, 0.05) is 40.8 Å². The molecule has 0 amide bonds. The minimum atomic E-state index is -4.72. The third-order valence-corrected chi connectivity index (χ3v) is 13.2. The van der Waals surface area contributed by atoms with E-state index in [2.05, 4.69) is 53.9 Å². The fraction of sp³-hybridized carbons (Fsp3) is 0.414. The number of hydrogen-bond acceptors (Lipinski definition) is 4. The number of nitrogens with zero attached hydrogens (tertiary/aromatic N) is 4. The summed E-state index contributed by atoms with van der Waals surface area (Å²) in [6.45, 7) is 12.6. The molecule has 4 aromatic rings. The maximum Gasteiger partial charge on any atom is 0.433 e. The summed E-state index contributed by atoms with van der Waals surface area (Å²) in [7, 11) is -2.13. The van der Waals surface area contributed by atoms with Crippen molar-refractivity contribution in [3.05, 3.63) is 65.7 Å². The lowest BCUT2D eigenvalue weighted by molar-refractivity contribution is -0.148. The maximum atomic E-state index is 15.0. The first-order valence-corrected chi connectivity index (χ1v) is 16.6. The summed E-state index contributed by atoms with van der Waals surface area (Å²) in [6.07, 6.45) is 3.01. The van der Waals surface area contributed by atoms with Crippen molar-refractivity contribution in [2.75, 3.05) is 0 Å². The standard InChI is InChI=1S/C29H32ClF4N5OSi/c1-27(2,3)41(5,6)40-28(4)12-17(13-28)39-26(29(32,33)34)19(15-38-39)25-24(22-16-35-10-11-36-22)18(14-37-25)23-20(30)8-7-9-21(23)31/h7-11,14-17,37H,12-13H2,1-6H3. The van der Waals surface area contributed by atoms with E-state index in [1.165, 1.54) is 49.2 Å². The monoisotopic (exact) mass is 605 g/mol. The molecule has 0 unspecified atom stereocenters. The highest BCUT2D eigenvalue weighted by atomic mass is 35.5. The van der Waals surface area contributed by atoms with Crippen molar-refractivity contribution < 1.29 is 22.0 Å². The summed E-state index contributed by atoms with van der Waals surface area (Å²) in [6, 6.07) is 3.73. The first-order valence-electron chi connectivity index (χ1n) is 13.3. The van der Waals surface area contributed by atoms with E-state index in [1.54, 1.807) is 0 Å². The van der Waals surface area contributed by atoms with E-state index in [0.29, 0.717) is 12.8 Å². The average Bonchev–Trinajstić information content (AvgIpc) is 3.46. The largest absolute Gasteiger partial charge is 0.433 e. The minimum absolute atomic E-state index is 0.0275. The van der Waals surface area contributed by atoms with Gasteiger partial charge in [-0.15, -0.1) is 0 Å². The number of rotatable bonds is 6. The first-order chi connectivity index (χ1) is 19.0. The van der Waals surface area contributed by atoms with Gasteiger partial charge in [-0.2, -0.15) is 18.3 Å². The quantitative estimate of drug-likeness (QED) is 0.176. The lowest BCUT2D eigenvalue weighted by Gasteiger charge is -2.52. The lowest BCUT2D eigenvalue weighted by atomic mass is 9.77. The van der Waals surface area contributed by atoms with E-state index < -0.39 is 37.6 Å². The van der Waals surface area contributed by atoms with Crippen molar-refractivity contribution in [3.63, 3.8) is 0 Å². The predicted molar refractivity (Wildman–Crippen MR) is 153 cm³/mol. The van der Waals surface area contributed by atoms with Gasteiger partial charge in [-0.1, -0.05) is 38.4 Å². The normalized spacial score (nSPS) is 19.8. The lowest BCUT2D eigenvalue weighted by Crippen LogP contribution is -2.54.